The van der Waals surface area contributed by atoms with Crippen molar-refractivity contribution in [2.75, 3.05) is 19.0 Å². The normalized spacial score (nSPS) is 12.6. The highest BCUT2D eigenvalue weighted by Crippen LogP contribution is 2.39. The van der Waals surface area contributed by atoms with Gasteiger partial charge >= 0.3 is 5.97 Å². The molecule has 1 N–H and O–H groups in total. The van der Waals surface area contributed by atoms with E-state index in [1.54, 1.807) is 0 Å². The number of rotatable bonds is 7. The number of halogens is 1. The average Bonchev–Trinajstić information content (AvgIpc) is 3.23. The zero-order valence-electron chi connectivity index (χ0n) is 16.3. The maximum Gasteiger partial charge on any atom is 0.341 e. The highest BCUT2D eigenvalue weighted by atomic mass is 35.5. The van der Waals surface area contributed by atoms with Gasteiger partial charge in [-0.3, -0.25) is 4.79 Å². The van der Waals surface area contributed by atoms with Crippen LogP contribution in [-0.4, -0.2) is 25.6 Å². The number of hydrogen-bond donors (Lipinski definition) is 1. The topological polar surface area (TPSA) is 64.6 Å². The summed E-state index contributed by atoms with van der Waals surface area (Å²) < 4.78 is 10.6. The smallest absolute Gasteiger partial charge is 0.341 e. The minimum absolute atomic E-state index is 0.128. The van der Waals surface area contributed by atoms with Gasteiger partial charge in [0.25, 0.3) is 0 Å². The summed E-state index contributed by atoms with van der Waals surface area (Å²) in [5.41, 5.74) is 3.49. The molecule has 0 unspecified atom stereocenters. The summed E-state index contributed by atoms with van der Waals surface area (Å²) in [6.07, 6.45) is 3.74. The van der Waals surface area contributed by atoms with Crippen LogP contribution in [0.4, 0.5) is 5.00 Å². The van der Waals surface area contributed by atoms with Crippen molar-refractivity contribution in [3.63, 3.8) is 0 Å². The van der Waals surface area contributed by atoms with Gasteiger partial charge in [0.05, 0.1) is 19.3 Å². The van der Waals surface area contributed by atoms with Crippen LogP contribution in [0.2, 0.25) is 5.02 Å². The standard InChI is InChI=1S/C21H24ClNO4S/c1-12-10-14(11-13(2)19(12)22)27-9-5-8-17(24)23-20-18(21(25)26-3)15-6-4-7-16(15)28-20/h10-11H,4-9H2,1-3H3,(H,23,24). The number of hydrogen-bond acceptors (Lipinski definition) is 5. The van der Waals surface area contributed by atoms with Crippen molar-refractivity contribution in [2.24, 2.45) is 0 Å². The Morgan fingerprint density at radius 1 is 1.21 bits per heavy atom. The first kappa shape index (κ1) is 20.7. The first-order valence-corrected chi connectivity index (χ1v) is 10.5. The second kappa shape index (κ2) is 8.97. The molecule has 2 aromatic rings. The van der Waals surface area contributed by atoms with E-state index < -0.39 is 0 Å². The Morgan fingerprint density at radius 3 is 2.61 bits per heavy atom. The van der Waals surface area contributed by atoms with Crippen LogP contribution in [0.5, 0.6) is 5.75 Å². The maximum atomic E-state index is 12.3. The zero-order valence-corrected chi connectivity index (χ0v) is 17.9. The van der Waals surface area contributed by atoms with Gasteiger partial charge in [0.15, 0.2) is 0 Å². The van der Waals surface area contributed by atoms with E-state index in [0.29, 0.717) is 30.0 Å². The van der Waals surface area contributed by atoms with Crippen molar-refractivity contribution in [1.82, 2.24) is 0 Å². The van der Waals surface area contributed by atoms with E-state index in [0.717, 1.165) is 46.7 Å². The predicted molar refractivity (Wildman–Crippen MR) is 112 cm³/mol. The average molecular weight is 422 g/mol. The van der Waals surface area contributed by atoms with Crippen molar-refractivity contribution in [2.45, 2.75) is 46.0 Å². The molecule has 0 atom stereocenters. The molecule has 28 heavy (non-hydrogen) atoms. The Bertz CT molecular complexity index is 883. The van der Waals surface area contributed by atoms with Crippen molar-refractivity contribution < 1.29 is 19.1 Å². The SMILES string of the molecule is COC(=O)c1c(NC(=O)CCCOc2cc(C)c(Cl)c(C)c2)sc2c1CCC2. The number of ether oxygens (including phenoxy) is 2. The lowest BCUT2D eigenvalue weighted by Crippen LogP contribution is -2.15. The molecule has 5 nitrogen and oxygen atoms in total. The monoisotopic (exact) mass is 421 g/mol. The molecule has 1 heterocycles. The van der Waals surface area contributed by atoms with Gasteiger partial charge in [0.1, 0.15) is 10.8 Å². The number of carbonyl (C=O) groups excluding carboxylic acids is 2. The molecule has 1 aliphatic carbocycles. The number of nitrogens with one attached hydrogen (secondary N) is 1. The molecule has 1 amide bonds. The molecule has 0 saturated heterocycles. The van der Waals surface area contributed by atoms with Crippen molar-refractivity contribution in [3.05, 3.63) is 44.3 Å². The van der Waals surface area contributed by atoms with Gasteiger partial charge in [0.2, 0.25) is 5.91 Å². The Labute approximate surface area is 174 Å². The summed E-state index contributed by atoms with van der Waals surface area (Å²) in [4.78, 5) is 25.6. The molecule has 7 heteroatoms. The number of esters is 1. The van der Waals surface area contributed by atoms with Crippen molar-refractivity contribution in [1.29, 1.82) is 0 Å². The van der Waals surface area contributed by atoms with Crippen LogP contribution in [0.15, 0.2) is 12.1 Å². The largest absolute Gasteiger partial charge is 0.494 e. The van der Waals surface area contributed by atoms with E-state index in [4.69, 9.17) is 21.1 Å². The molecular weight excluding hydrogens is 398 g/mol. The number of methoxy groups -OCH3 is 1. The highest BCUT2D eigenvalue weighted by Gasteiger charge is 2.27. The number of thiophene rings is 1. The molecule has 0 fully saturated rings. The lowest BCUT2D eigenvalue weighted by Gasteiger charge is -2.10. The van der Waals surface area contributed by atoms with Crippen LogP contribution < -0.4 is 10.1 Å². The molecule has 1 aromatic heterocycles. The summed E-state index contributed by atoms with van der Waals surface area (Å²) in [6, 6.07) is 3.79. The van der Waals surface area contributed by atoms with Crippen LogP contribution in [-0.2, 0) is 22.4 Å². The fourth-order valence-electron chi connectivity index (χ4n) is 3.41. The van der Waals surface area contributed by atoms with E-state index in [2.05, 4.69) is 5.32 Å². The van der Waals surface area contributed by atoms with E-state index in [1.165, 1.54) is 23.3 Å². The van der Waals surface area contributed by atoms with E-state index >= 15 is 0 Å². The molecule has 3 rings (SSSR count). The van der Waals surface area contributed by atoms with Gasteiger partial charge in [-0.05, 0) is 68.4 Å². The van der Waals surface area contributed by atoms with Crippen LogP contribution in [0.1, 0.15) is 51.2 Å². The molecular formula is C21H24ClNO4S. The summed E-state index contributed by atoms with van der Waals surface area (Å²) in [7, 11) is 1.37. The Balaban J connectivity index is 1.53. The van der Waals surface area contributed by atoms with Gasteiger partial charge in [-0.15, -0.1) is 11.3 Å². The summed E-state index contributed by atoms with van der Waals surface area (Å²) >= 11 is 7.65. The highest BCUT2D eigenvalue weighted by molar-refractivity contribution is 7.17. The fourth-order valence-corrected chi connectivity index (χ4v) is 4.81. The maximum absolute atomic E-state index is 12.3. The number of carbonyl (C=O) groups is 2. The fraction of sp³-hybridized carbons (Fsp3) is 0.429. The van der Waals surface area contributed by atoms with Gasteiger partial charge in [0, 0.05) is 16.3 Å². The summed E-state index contributed by atoms with van der Waals surface area (Å²) in [5, 5.41) is 4.23. The minimum Gasteiger partial charge on any atom is -0.494 e. The molecule has 150 valence electrons. The number of benzene rings is 1. The number of amides is 1. The van der Waals surface area contributed by atoms with Crippen LogP contribution >= 0.6 is 22.9 Å². The summed E-state index contributed by atoms with van der Waals surface area (Å²) in [5.74, 6) is 0.242. The molecule has 0 aliphatic heterocycles. The minimum atomic E-state index is -0.383. The van der Waals surface area contributed by atoms with Crippen molar-refractivity contribution >= 4 is 39.8 Å². The number of anilines is 1. The molecule has 1 aliphatic rings. The third-order valence-electron chi connectivity index (χ3n) is 4.79. The second-order valence-corrected chi connectivity index (χ2v) is 8.41. The first-order chi connectivity index (χ1) is 13.4. The van der Waals surface area contributed by atoms with Gasteiger partial charge in [-0.2, -0.15) is 0 Å². The van der Waals surface area contributed by atoms with E-state index in [1.807, 2.05) is 26.0 Å². The molecule has 0 radical (unpaired) electrons. The molecule has 0 saturated carbocycles. The van der Waals surface area contributed by atoms with Gasteiger partial charge < -0.3 is 14.8 Å². The van der Waals surface area contributed by atoms with Crippen LogP contribution in [0.25, 0.3) is 0 Å². The lowest BCUT2D eigenvalue weighted by atomic mass is 10.1. The zero-order chi connectivity index (χ0) is 20.3. The molecule has 0 bridgehead atoms. The number of fused-ring (bicyclic) bond motifs is 1. The van der Waals surface area contributed by atoms with Crippen molar-refractivity contribution in [3.8, 4) is 5.75 Å². The number of aryl methyl sites for hydroxylation is 3. The second-order valence-electron chi connectivity index (χ2n) is 6.92. The predicted octanol–water partition coefficient (Wildman–Crippen LogP) is 5.09. The van der Waals surface area contributed by atoms with Gasteiger partial charge in [-0.25, -0.2) is 4.79 Å². The Hall–Kier alpha value is -2.05. The molecule has 0 spiro atoms. The molecule has 1 aromatic carbocycles. The van der Waals surface area contributed by atoms with Crippen LogP contribution in [0.3, 0.4) is 0 Å². The van der Waals surface area contributed by atoms with Gasteiger partial charge in [-0.1, -0.05) is 11.6 Å². The Morgan fingerprint density at radius 2 is 1.93 bits per heavy atom. The van der Waals surface area contributed by atoms with E-state index in [9.17, 15) is 9.59 Å². The quantitative estimate of drug-likeness (QED) is 0.499. The summed E-state index contributed by atoms with van der Waals surface area (Å²) in [6.45, 7) is 4.30. The Kier molecular flexibility index (Phi) is 6.62. The third kappa shape index (κ3) is 4.50. The first-order valence-electron chi connectivity index (χ1n) is 9.33. The third-order valence-corrected chi connectivity index (χ3v) is 6.59. The lowest BCUT2D eigenvalue weighted by molar-refractivity contribution is -0.116. The van der Waals surface area contributed by atoms with E-state index in [-0.39, 0.29) is 11.9 Å². The van der Waals surface area contributed by atoms with Crippen LogP contribution in [0, 0.1) is 13.8 Å².